The number of ketones is 1. The monoisotopic (exact) mass is 344 g/mol. The molecule has 0 aliphatic heterocycles. The van der Waals surface area contributed by atoms with Crippen molar-refractivity contribution >= 4 is 5.78 Å². The van der Waals surface area contributed by atoms with Gasteiger partial charge in [0, 0.05) is 11.8 Å². The molecule has 0 amide bonds. The second kappa shape index (κ2) is 5.68. The summed E-state index contributed by atoms with van der Waals surface area (Å²) in [5.74, 6) is 3.09. The van der Waals surface area contributed by atoms with E-state index < -0.39 is 5.60 Å². The highest BCUT2D eigenvalue weighted by atomic mass is 16.3. The third-order valence-corrected chi connectivity index (χ3v) is 8.75. The predicted molar refractivity (Wildman–Crippen MR) is 101 cm³/mol. The molecule has 2 nitrogen and oxygen atoms in total. The first-order chi connectivity index (χ1) is 11.7. The lowest BCUT2D eigenvalue weighted by molar-refractivity contribution is -0.132. The highest BCUT2D eigenvalue weighted by Crippen LogP contribution is 2.64. The quantitative estimate of drug-likeness (QED) is 0.691. The van der Waals surface area contributed by atoms with E-state index in [2.05, 4.69) is 33.8 Å². The van der Waals surface area contributed by atoms with E-state index in [0.717, 1.165) is 57.3 Å². The highest BCUT2D eigenvalue weighted by Gasteiger charge is 2.59. The van der Waals surface area contributed by atoms with Crippen molar-refractivity contribution in [2.45, 2.75) is 91.1 Å². The zero-order chi connectivity index (χ0) is 18.0. The molecule has 0 heterocycles. The van der Waals surface area contributed by atoms with E-state index in [4.69, 9.17) is 0 Å². The average Bonchev–Trinajstić information content (AvgIpc) is 2.83. The third kappa shape index (κ3) is 2.58. The summed E-state index contributed by atoms with van der Waals surface area (Å²) < 4.78 is 0. The number of Topliss-reactive ketones (excluding diaryl/α,β-unsaturated/α-hetero) is 1. The van der Waals surface area contributed by atoms with Crippen LogP contribution in [0.5, 0.6) is 0 Å². The van der Waals surface area contributed by atoms with Gasteiger partial charge in [0.15, 0.2) is 0 Å². The number of carbonyl (C=O) groups is 1. The summed E-state index contributed by atoms with van der Waals surface area (Å²) in [5, 5.41) is 11.1. The van der Waals surface area contributed by atoms with Gasteiger partial charge in [0.1, 0.15) is 5.78 Å². The molecule has 0 aromatic carbocycles. The molecule has 4 aliphatic carbocycles. The maximum absolute atomic E-state index is 12.5. The maximum atomic E-state index is 12.5. The number of rotatable bonds is 2. The lowest BCUT2D eigenvalue weighted by Crippen LogP contribution is -2.52. The molecule has 1 N–H and O–H groups in total. The number of hydrogen-bond donors (Lipinski definition) is 1. The fourth-order valence-corrected chi connectivity index (χ4v) is 7.42. The first kappa shape index (κ1) is 17.8. The van der Waals surface area contributed by atoms with Crippen LogP contribution in [0.25, 0.3) is 0 Å². The second-order valence-corrected chi connectivity index (χ2v) is 10.7. The number of allylic oxidation sites excluding steroid dienone is 1. The van der Waals surface area contributed by atoms with E-state index in [0.29, 0.717) is 23.5 Å². The van der Waals surface area contributed by atoms with Crippen molar-refractivity contribution in [1.29, 1.82) is 0 Å². The van der Waals surface area contributed by atoms with Crippen LogP contribution in [0.2, 0.25) is 0 Å². The Bertz CT molecular complexity index is 605. The summed E-state index contributed by atoms with van der Waals surface area (Å²) in [7, 11) is 0. The molecule has 2 heteroatoms. The molecule has 0 saturated heterocycles. The van der Waals surface area contributed by atoms with E-state index in [1.807, 2.05) is 0 Å². The zero-order valence-corrected chi connectivity index (χ0v) is 16.6. The van der Waals surface area contributed by atoms with Crippen LogP contribution in [-0.2, 0) is 4.79 Å². The highest BCUT2D eigenvalue weighted by molar-refractivity contribution is 5.87. The number of aliphatic hydroxyl groups is 1. The Kier molecular flexibility index (Phi) is 4.04. The SMILES string of the molecule is CC(C)CC1(O)CCC2(C)C(=CCC3C4CCC(=O)C4(C)CCC32)C1. The Hall–Kier alpha value is -0.630. The first-order valence-corrected chi connectivity index (χ1v) is 10.6. The summed E-state index contributed by atoms with van der Waals surface area (Å²) in [6, 6.07) is 0. The summed E-state index contributed by atoms with van der Waals surface area (Å²) in [5.41, 5.74) is 1.28. The van der Waals surface area contributed by atoms with Gasteiger partial charge in [-0.25, -0.2) is 0 Å². The molecule has 0 spiro atoms. The largest absolute Gasteiger partial charge is 0.390 e. The van der Waals surface area contributed by atoms with E-state index in [-0.39, 0.29) is 10.8 Å². The normalized spacial score (nSPS) is 49.4. The molecule has 0 radical (unpaired) electrons. The zero-order valence-electron chi connectivity index (χ0n) is 16.6. The van der Waals surface area contributed by atoms with Gasteiger partial charge in [0.05, 0.1) is 5.60 Å². The van der Waals surface area contributed by atoms with Crippen molar-refractivity contribution in [2.24, 2.45) is 34.5 Å². The Morgan fingerprint density at radius 3 is 2.56 bits per heavy atom. The van der Waals surface area contributed by atoms with Crippen LogP contribution in [0.3, 0.4) is 0 Å². The van der Waals surface area contributed by atoms with E-state index in [9.17, 15) is 9.90 Å². The third-order valence-electron chi connectivity index (χ3n) is 8.75. The van der Waals surface area contributed by atoms with Crippen molar-refractivity contribution in [3.8, 4) is 0 Å². The van der Waals surface area contributed by atoms with Gasteiger partial charge >= 0.3 is 0 Å². The van der Waals surface area contributed by atoms with Crippen molar-refractivity contribution < 1.29 is 9.90 Å². The van der Waals surface area contributed by atoms with Crippen LogP contribution in [0.15, 0.2) is 11.6 Å². The average molecular weight is 345 g/mol. The number of hydrogen-bond acceptors (Lipinski definition) is 2. The number of carbonyl (C=O) groups excluding carboxylic acids is 1. The Labute approximate surface area is 153 Å². The molecule has 6 atom stereocenters. The van der Waals surface area contributed by atoms with Crippen molar-refractivity contribution in [3.63, 3.8) is 0 Å². The van der Waals surface area contributed by atoms with Gasteiger partial charge in [-0.1, -0.05) is 39.3 Å². The standard InChI is InChI=1S/C23H36O2/c1-15(2)13-23(25)12-11-21(3)16(14-23)5-6-17-18-7-8-20(24)22(18,4)10-9-19(17)21/h5,15,17-19,25H,6-14H2,1-4H3. The molecule has 3 saturated carbocycles. The number of fused-ring (bicyclic) bond motifs is 5. The van der Waals surface area contributed by atoms with Crippen molar-refractivity contribution in [1.82, 2.24) is 0 Å². The lowest BCUT2D eigenvalue weighted by atomic mass is 9.47. The van der Waals surface area contributed by atoms with E-state index in [1.54, 1.807) is 0 Å². The second-order valence-electron chi connectivity index (χ2n) is 10.7. The van der Waals surface area contributed by atoms with Crippen molar-refractivity contribution in [3.05, 3.63) is 11.6 Å². The van der Waals surface area contributed by atoms with Gasteiger partial charge in [0.2, 0.25) is 0 Å². The molecule has 4 aliphatic rings. The van der Waals surface area contributed by atoms with Crippen LogP contribution in [0.1, 0.15) is 85.5 Å². The maximum Gasteiger partial charge on any atom is 0.139 e. The summed E-state index contributed by atoms with van der Waals surface area (Å²) >= 11 is 0. The van der Waals surface area contributed by atoms with Gasteiger partial charge in [-0.3, -0.25) is 4.79 Å². The Balaban J connectivity index is 1.61. The van der Waals surface area contributed by atoms with Gasteiger partial charge in [0.25, 0.3) is 0 Å². The Morgan fingerprint density at radius 2 is 1.84 bits per heavy atom. The summed E-state index contributed by atoms with van der Waals surface area (Å²) in [6.45, 7) is 9.17. The molecule has 0 aromatic rings. The lowest BCUT2D eigenvalue weighted by Gasteiger charge is -2.58. The molecule has 3 fully saturated rings. The molecular formula is C23H36O2. The minimum atomic E-state index is -0.487. The molecular weight excluding hydrogens is 308 g/mol. The molecule has 0 aromatic heterocycles. The fourth-order valence-electron chi connectivity index (χ4n) is 7.42. The summed E-state index contributed by atoms with van der Waals surface area (Å²) in [4.78, 5) is 12.5. The predicted octanol–water partition coefficient (Wildman–Crippen LogP) is 5.30. The van der Waals surface area contributed by atoms with E-state index >= 15 is 0 Å². The topological polar surface area (TPSA) is 37.3 Å². The molecule has 140 valence electrons. The minimum absolute atomic E-state index is 0.0318. The fraction of sp³-hybridized carbons (Fsp3) is 0.870. The minimum Gasteiger partial charge on any atom is -0.390 e. The Morgan fingerprint density at radius 1 is 1.12 bits per heavy atom. The van der Waals surface area contributed by atoms with Crippen LogP contribution in [-0.4, -0.2) is 16.5 Å². The smallest absolute Gasteiger partial charge is 0.139 e. The van der Waals surface area contributed by atoms with Crippen molar-refractivity contribution in [2.75, 3.05) is 0 Å². The van der Waals surface area contributed by atoms with Gasteiger partial charge in [-0.05, 0) is 80.5 Å². The van der Waals surface area contributed by atoms with Crippen LogP contribution in [0.4, 0.5) is 0 Å². The van der Waals surface area contributed by atoms with Gasteiger partial charge in [-0.15, -0.1) is 0 Å². The molecule has 0 bridgehead atoms. The van der Waals surface area contributed by atoms with Gasteiger partial charge in [-0.2, -0.15) is 0 Å². The molecule has 4 rings (SSSR count). The van der Waals surface area contributed by atoms with Crippen LogP contribution < -0.4 is 0 Å². The van der Waals surface area contributed by atoms with Crippen LogP contribution in [0, 0.1) is 34.5 Å². The molecule has 6 unspecified atom stereocenters. The summed E-state index contributed by atoms with van der Waals surface area (Å²) in [6.07, 6.45) is 11.7. The van der Waals surface area contributed by atoms with Crippen LogP contribution >= 0.6 is 0 Å². The van der Waals surface area contributed by atoms with Gasteiger partial charge < -0.3 is 5.11 Å². The van der Waals surface area contributed by atoms with E-state index in [1.165, 1.54) is 12.0 Å². The first-order valence-electron chi connectivity index (χ1n) is 10.6. The molecule has 25 heavy (non-hydrogen) atoms.